The quantitative estimate of drug-likeness (QED) is 0.326. The van der Waals surface area contributed by atoms with Crippen LogP contribution in [0.5, 0.6) is 5.75 Å². The summed E-state index contributed by atoms with van der Waals surface area (Å²) in [6.45, 7) is 4.52. The van der Waals surface area contributed by atoms with E-state index in [0.717, 1.165) is 37.6 Å². The number of halogens is 2. The van der Waals surface area contributed by atoms with Crippen molar-refractivity contribution in [1.82, 2.24) is 15.6 Å². The van der Waals surface area contributed by atoms with E-state index in [0.29, 0.717) is 18.3 Å². The van der Waals surface area contributed by atoms with Crippen molar-refractivity contribution in [3.63, 3.8) is 0 Å². The Morgan fingerprint density at radius 1 is 1.33 bits per heavy atom. The lowest BCUT2D eigenvalue weighted by Crippen LogP contribution is -2.45. The molecule has 3 rings (SSSR count). The molecule has 0 spiro atoms. The molecule has 164 valence electrons. The highest BCUT2D eigenvalue weighted by atomic mass is 127. The molecular formula is C22H31FIN5O. The maximum Gasteiger partial charge on any atom is 0.191 e. The zero-order valence-corrected chi connectivity index (χ0v) is 20.1. The number of hydrogen-bond donors (Lipinski definition) is 2. The summed E-state index contributed by atoms with van der Waals surface area (Å²) in [4.78, 5) is 10.5. The van der Waals surface area contributed by atoms with Gasteiger partial charge in [0.05, 0.1) is 7.11 Å². The van der Waals surface area contributed by atoms with Crippen molar-refractivity contribution in [2.24, 2.45) is 4.99 Å². The minimum atomic E-state index is -0.275. The molecule has 0 bridgehead atoms. The topological polar surface area (TPSA) is 61.8 Å². The molecular weight excluding hydrogens is 496 g/mol. The van der Waals surface area contributed by atoms with Crippen LogP contribution in [0.4, 0.5) is 10.2 Å². The van der Waals surface area contributed by atoms with E-state index in [1.807, 2.05) is 17.0 Å². The Balaban J connectivity index is 0.00000320. The molecule has 0 saturated carbocycles. The summed E-state index contributed by atoms with van der Waals surface area (Å²) in [6, 6.07) is 11.5. The predicted molar refractivity (Wildman–Crippen MR) is 131 cm³/mol. The molecule has 6 nitrogen and oxygen atoms in total. The van der Waals surface area contributed by atoms with Crippen LogP contribution in [0.1, 0.15) is 31.2 Å². The number of rotatable bonds is 7. The van der Waals surface area contributed by atoms with E-state index < -0.39 is 0 Å². The fourth-order valence-corrected chi connectivity index (χ4v) is 3.57. The van der Waals surface area contributed by atoms with Crippen molar-refractivity contribution in [1.29, 1.82) is 0 Å². The van der Waals surface area contributed by atoms with Crippen LogP contribution in [-0.4, -0.2) is 50.8 Å². The summed E-state index contributed by atoms with van der Waals surface area (Å²) in [7, 11) is 3.45. The number of nitrogens with one attached hydrogen (secondary N) is 2. The lowest BCUT2D eigenvalue weighted by Gasteiger charge is -2.20. The molecule has 0 aliphatic carbocycles. The van der Waals surface area contributed by atoms with Gasteiger partial charge < -0.3 is 20.3 Å². The molecule has 2 aromatic rings. The number of anilines is 1. The zero-order chi connectivity index (χ0) is 20.6. The van der Waals surface area contributed by atoms with Crippen molar-refractivity contribution in [3.05, 3.63) is 54.0 Å². The van der Waals surface area contributed by atoms with Crippen LogP contribution in [0.25, 0.3) is 0 Å². The number of ether oxygens (including phenoxy) is 1. The normalized spacial score (nSPS) is 17.3. The van der Waals surface area contributed by atoms with Crippen LogP contribution in [-0.2, 0) is 0 Å². The highest BCUT2D eigenvalue weighted by molar-refractivity contribution is 14.0. The Hall–Kier alpha value is -2.10. The van der Waals surface area contributed by atoms with Gasteiger partial charge in [0, 0.05) is 38.9 Å². The van der Waals surface area contributed by atoms with Gasteiger partial charge in [-0.1, -0.05) is 19.1 Å². The maximum atomic E-state index is 14.0. The van der Waals surface area contributed by atoms with Crippen LogP contribution in [0.2, 0.25) is 0 Å². The second-order valence-electron chi connectivity index (χ2n) is 7.35. The average Bonchev–Trinajstić information content (AvgIpc) is 3.21. The van der Waals surface area contributed by atoms with Crippen molar-refractivity contribution >= 4 is 35.8 Å². The monoisotopic (exact) mass is 527 g/mol. The summed E-state index contributed by atoms with van der Waals surface area (Å²) in [5.74, 6) is 2.23. The minimum Gasteiger partial charge on any atom is -0.497 e. The largest absolute Gasteiger partial charge is 0.497 e. The SMILES string of the molecule is CN=C(NCCC(C)c1ccc(OC)cc1)NC1CCN(c2ncccc2F)C1.I. The molecule has 1 fully saturated rings. The summed E-state index contributed by atoms with van der Waals surface area (Å²) in [5, 5.41) is 6.84. The second-order valence-corrected chi connectivity index (χ2v) is 7.35. The molecule has 2 atom stereocenters. The molecule has 8 heteroatoms. The summed E-state index contributed by atoms with van der Waals surface area (Å²) >= 11 is 0. The molecule has 1 aliphatic heterocycles. The Labute approximate surface area is 195 Å². The van der Waals surface area contributed by atoms with E-state index in [9.17, 15) is 4.39 Å². The molecule has 1 aromatic carbocycles. The van der Waals surface area contributed by atoms with Gasteiger partial charge in [-0.25, -0.2) is 9.37 Å². The van der Waals surface area contributed by atoms with Gasteiger partial charge in [0.1, 0.15) is 5.75 Å². The van der Waals surface area contributed by atoms with Gasteiger partial charge in [-0.3, -0.25) is 4.99 Å². The van der Waals surface area contributed by atoms with Crippen LogP contribution < -0.4 is 20.3 Å². The third-order valence-corrected chi connectivity index (χ3v) is 5.35. The molecule has 2 unspecified atom stereocenters. The summed E-state index contributed by atoms with van der Waals surface area (Å²) in [5.41, 5.74) is 1.29. The van der Waals surface area contributed by atoms with Crippen molar-refractivity contribution in [2.75, 3.05) is 38.7 Å². The Kier molecular flexibility index (Phi) is 9.61. The number of nitrogens with zero attached hydrogens (tertiary/aromatic N) is 3. The molecule has 1 aromatic heterocycles. The van der Waals surface area contributed by atoms with Gasteiger partial charge in [0.15, 0.2) is 17.6 Å². The van der Waals surface area contributed by atoms with Crippen molar-refractivity contribution < 1.29 is 9.13 Å². The van der Waals surface area contributed by atoms with Gasteiger partial charge in [-0.05, 0) is 48.6 Å². The van der Waals surface area contributed by atoms with Gasteiger partial charge in [0.2, 0.25) is 0 Å². The smallest absolute Gasteiger partial charge is 0.191 e. The molecule has 30 heavy (non-hydrogen) atoms. The highest BCUT2D eigenvalue weighted by Crippen LogP contribution is 2.22. The molecule has 2 N–H and O–H groups in total. The van der Waals surface area contributed by atoms with E-state index >= 15 is 0 Å². The van der Waals surface area contributed by atoms with Crippen molar-refractivity contribution in [2.45, 2.75) is 31.7 Å². The van der Waals surface area contributed by atoms with Crippen LogP contribution in [0.15, 0.2) is 47.6 Å². The molecule has 0 amide bonds. The first-order valence-corrected chi connectivity index (χ1v) is 10.1. The highest BCUT2D eigenvalue weighted by Gasteiger charge is 2.25. The average molecular weight is 527 g/mol. The minimum absolute atomic E-state index is 0. The second kappa shape index (κ2) is 11.9. The Morgan fingerprint density at radius 3 is 2.77 bits per heavy atom. The number of benzene rings is 1. The number of aromatic nitrogens is 1. The number of aliphatic imine (C=N–C) groups is 1. The van der Waals surface area contributed by atoms with E-state index in [2.05, 4.69) is 39.7 Å². The Bertz CT molecular complexity index is 817. The van der Waals surface area contributed by atoms with Gasteiger partial charge in [-0.15, -0.1) is 24.0 Å². The van der Waals surface area contributed by atoms with E-state index in [1.54, 1.807) is 26.4 Å². The van der Waals surface area contributed by atoms with Gasteiger partial charge in [0.25, 0.3) is 0 Å². The lowest BCUT2D eigenvalue weighted by molar-refractivity contribution is 0.414. The number of pyridine rings is 1. The molecule has 0 radical (unpaired) electrons. The first-order valence-electron chi connectivity index (χ1n) is 10.1. The van der Waals surface area contributed by atoms with Gasteiger partial charge >= 0.3 is 0 Å². The van der Waals surface area contributed by atoms with Crippen LogP contribution in [0.3, 0.4) is 0 Å². The fourth-order valence-electron chi connectivity index (χ4n) is 3.57. The zero-order valence-electron chi connectivity index (χ0n) is 17.8. The fraction of sp³-hybridized carbons (Fsp3) is 0.455. The predicted octanol–water partition coefficient (Wildman–Crippen LogP) is 3.78. The Morgan fingerprint density at radius 2 is 2.10 bits per heavy atom. The third-order valence-electron chi connectivity index (χ3n) is 5.35. The summed E-state index contributed by atoms with van der Waals surface area (Å²) < 4.78 is 19.2. The first kappa shape index (κ1) is 24.2. The number of guanidine groups is 1. The van der Waals surface area contributed by atoms with Gasteiger partial charge in [-0.2, -0.15) is 0 Å². The third kappa shape index (κ3) is 6.45. The van der Waals surface area contributed by atoms with Crippen LogP contribution >= 0.6 is 24.0 Å². The number of hydrogen-bond acceptors (Lipinski definition) is 4. The maximum absolute atomic E-state index is 14.0. The summed E-state index contributed by atoms with van der Waals surface area (Å²) in [6.07, 6.45) is 3.53. The van der Waals surface area contributed by atoms with E-state index in [-0.39, 0.29) is 35.8 Å². The van der Waals surface area contributed by atoms with Crippen LogP contribution in [0, 0.1) is 5.82 Å². The van der Waals surface area contributed by atoms with Crippen molar-refractivity contribution in [3.8, 4) is 5.75 Å². The number of methoxy groups -OCH3 is 1. The first-order chi connectivity index (χ1) is 14.1. The molecule has 1 saturated heterocycles. The van der Waals surface area contributed by atoms with E-state index in [1.165, 1.54) is 11.6 Å². The van der Waals surface area contributed by atoms with E-state index in [4.69, 9.17) is 4.74 Å². The molecule has 2 heterocycles. The lowest BCUT2D eigenvalue weighted by atomic mass is 9.98. The standard InChI is InChI=1S/C22H30FN5O.HI/c1-16(17-6-8-19(29-3)9-7-17)10-13-26-22(24-2)27-18-11-14-28(15-18)21-20(23)5-4-12-25-21;/h4-9,12,16,18H,10-11,13-15H2,1-3H3,(H2,24,26,27);1H. The molecule has 1 aliphatic rings.